The lowest BCUT2D eigenvalue weighted by atomic mass is 9.98. The molecule has 2 rings (SSSR count). The molecule has 0 bridgehead atoms. The molecule has 0 aliphatic carbocycles. The van der Waals surface area contributed by atoms with Crippen molar-refractivity contribution < 1.29 is 34.8 Å². The zero-order valence-corrected chi connectivity index (χ0v) is 13.1. The number of amides is 2. The van der Waals surface area contributed by atoms with Gasteiger partial charge in [-0.05, 0) is 0 Å². The van der Waals surface area contributed by atoms with Gasteiger partial charge in [-0.2, -0.15) is 0 Å². The van der Waals surface area contributed by atoms with Gasteiger partial charge in [0.15, 0.2) is 11.9 Å². The quantitative estimate of drug-likeness (QED) is 0.328. The van der Waals surface area contributed by atoms with Crippen LogP contribution in [-0.4, -0.2) is 86.9 Å². The number of nitrogens with zero attached hydrogens (tertiary/aromatic N) is 2. The second kappa shape index (κ2) is 7.23. The van der Waals surface area contributed by atoms with E-state index in [4.69, 9.17) is 4.74 Å². The summed E-state index contributed by atoms with van der Waals surface area (Å²) >= 11 is 0. The summed E-state index contributed by atoms with van der Waals surface area (Å²) in [5, 5.41) is 43.8. The first kappa shape index (κ1) is 18.3. The van der Waals surface area contributed by atoms with Crippen LogP contribution in [-0.2, 0) is 4.74 Å². The fourth-order valence-corrected chi connectivity index (χ4v) is 2.49. The number of rotatable bonds is 4. The molecule has 1 aromatic heterocycles. The second-order valence-electron chi connectivity index (χ2n) is 5.23. The molecule has 2 amide bonds. The molecule has 134 valence electrons. The number of imidazole rings is 1. The van der Waals surface area contributed by atoms with Crippen molar-refractivity contribution in [1.82, 2.24) is 20.2 Å². The van der Waals surface area contributed by atoms with Crippen LogP contribution in [0, 0.1) is 0 Å². The molecular formula is C13H20N4O7. The molecule has 24 heavy (non-hydrogen) atoms. The number of nitrogens with one attached hydrogen (secondary N) is 2. The van der Waals surface area contributed by atoms with Crippen molar-refractivity contribution in [3.63, 3.8) is 0 Å². The average molecular weight is 344 g/mol. The summed E-state index contributed by atoms with van der Waals surface area (Å²) in [6.07, 6.45) is -6.16. The maximum Gasteiger partial charge on any atom is 0.272 e. The van der Waals surface area contributed by atoms with Gasteiger partial charge < -0.3 is 35.8 Å². The molecule has 2 heterocycles. The van der Waals surface area contributed by atoms with E-state index in [9.17, 15) is 30.0 Å². The highest BCUT2D eigenvalue weighted by atomic mass is 16.6. The summed E-state index contributed by atoms with van der Waals surface area (Å²) in [5.74, 6) is -1.29. The smallest absolute Gasteiger partial charge is 0.272 e. The number of carbonyl (C=O) groups is 2. The fraction of sp³-hybridized carbons (Fsp3) is 0.615. The van der Waals surface area contributed by atoms with Crippen LogP contribution in [0.1, 0.15) is 27.2 Å². The predicted molar refractivity (Wildman–Crippen MR) is 78.0 cm³/mol. The molecule has 1 fully saturated rings. The maximum absolute atomic E-state index is 12.1. The Labute approximate surface area is 136 Å². The maximum atomic E-state index is 12.1. The Bertz CT molecular complexity index is 617. The number of aromatic nitrogens is 2. The van der Waals surface area contributed by atoms with Crippen LogP contribution in [0.4, 0.5) is 0 Å². The van der Waals surface area contributed by atoms with Gasteiger partial charge in [-0.15, -0.1) is 0 Å². The number of aliphatic hydroxyl groups is 4. The highest BCUT2D eigenvalue weighted by Crippen LogP contribution is 2.30. The lowest BCUT2D eigenvalue weighted by Gasteiger charge is -2.40. The van der Waals surface area contributed by atoms with Crippen LogP contribution in [0.15, 0.2) is 6.33 Å². The van der Waals surface area contributed by atoms with Crippen LogP contribution < -0.4 is 10.6 Å². The van der Waals surface area contributed by atoms with Crippen molar-refractivity contribution in [3.8, 4) is 0 Å². The molecule has 0 spiro atoms. The highest BCUT2D eigenvalue weighted by Gasteiger charge is 2.45. The minimum Gasteiger partial charge on any atom is -0.394 e. The van der Waals surface area contributed by atoms with Gasteiger partial charge in [0.25, 0.3) is 11.8 Å². The number of aliphatic hydroxyl groups excluding tert-OH is 4. The molecule has 1 aliphatic rings. The summed E-state index contributed by atoms with van der Waals surface area (Å²) in [5.41, 5.74) is -0.394. The van der Waals surface area contributed by atoms with Gasteiger partial charge in [-0.3, -0.25) is 14.2 Å². The van der Waals surface area contributed by atoms with E-state index in [0.717, 1.165) is 10.9 Å². The zero-order chi connectivity index (χ0) is 18.0. The third kappa shape index (κ3) is 2.99. The van der Waals surface area contributed by atoms with E-state index >= 15 is 0 Å². The molecule has 1 aromatic rings. The zero-order valence-electron chi connectivity index (χ0n) is 13.1. The van der Waals surface area contributed by atoms with Gasteiger partial charge in [0.2, 0.25) is 0 Å². The normalized spacial score (nSPS) is 30.0. The first-order chi connectivity index (χ1) is 11.4. The van der Waals surface area contributed by atoms with Crippen molar-refractivity contribution in [3.05, 3.63) is 17.7 Å². The van der Waals surface area contributed by atoms with Crippen LogP contribution in [0.3, 0.4) is 0 Å². The van der Waals surface area contributed by atoms with Gasteiger partial charge in [0, 0.05) is 14.1 Å². The Balaban J connectivity index is 2.49. The summed E-state index contributed by atoms with van der Waals surface area (Å²) < 4.78 is 6.46. The molecule has 1 aliphatic heterocycles. The third-order valence-corrected chi connectivity index (χ3v) is 3.82. The Morgan fingerprint density at radius 3 is 2.33 bits per heavy atom. The van der Waals surface area contributed by atoms with Gasteiger partial charge in [0.1, 0.15) is 30.1 Å². The first-order valence-corrected chi connectivity index (χ1v) is 7.18. The van der Waals surface area contributed by atoms with E-state index in [0.29, 0.717) is 0 Å². The SMILES string of the molecule is CNC(=O)c1ncn([C@H]2O[C@@H](CO)[C@@H](O)[C@@H](O)[C@@H]2O)c1C(=O)NC. The highest BCUT2D eigenvalue weighted by molar-refractivity contribution is 6.04. The van der Waals surface area contributed by atoms with Crippen LogP contribution >= 0.6 is 0 Å². The Kier molecular flexibility index (Phi) is 5.51. The molecule has 0 saturated carbocycles. The predicted octanol–water partition coefficient (Wildman–Crippen LogP) is -3.43. The standard InChI is InChI=1S/C13H20N4O7/c1-14-11(22)6-7(12(23)15-2)17(4-16-6)13-10(21)9(20)8(19)5(3-18)24-13/h4-5,8-10,13,18-21H,3H2,1-2H3,(H,14,22)(H,15,23)/t5-,8+,9+,10-,13-/m0/s1. The molecule has 11 nitrogen and oxygen atoms in total. The number of carbonyl (C=O) groups excluding carboxylic acids is 2. The van der Waals surface area contributed by atoms with Crippen molar-refractivity contribution >= 4 is 11.8 Å². The monoisotopic (exact) mass is 344 g/mol. The topological polar surface area (TPSA) is 166 Å². The van der Waals surface area contributed by atoms with Gasteiger partial charge in [-0.1, -0.05) is 0 Å². The Morgan fingerprint density at radius 2 is 1.79 bits per heavy atom. The van der Waals surface area contributed by atoms with Crippen LogP contribution in [0.25, 0.3) is 0 Å². The molecule has 0 aromatic carbocycles. The van der Waals surface area contributed by atoms with E-state index in [1.807, 2.05) is 0 Å². The molecular weight excluding hydrogens is 324 g/mol. The van der Waals surface area contributed by atoms with E-state index in [2.05, 4.69) is 15.6 Å². The largest absolute Gasteiger partial charge is 0.394 e. The molecule has 6 N–H and O–H groups in total. The summed E-state index contributed by atoms with van der Waals surface area (Å²) in [4.78, 5) is 27.9. The van der Waals surface area contributed by atoms with E-state index in [1.54, 1.807) is 0 Å². The van der Waals surface area contributed by atoms with Crippen molar-refractivity contribution in [1.29, 1.82) is 0 Å². The number of hydrogen-bond acceptors (Lipinski definition) is 8. The average Bonchev–Trinajstić information content (AvgIpc) is 3.03. The third-order valence-electron chi connectivity index (χ3n) is 3.82. The van der Waals surface area contributed by atoms with E-state index < -0.39 is 49.1 Å². The number of ether oxygens (including phenoxy) is 1. The van der Waals surface area contributed by atoms with Crippen LogP contribution in [0.5, 0.6) is 0 Å². The van der Waals surface area contributed by atoms with E-state index in [1.165, 1.54) is 14.1 Å². The molecule has 5 atom stereocenters. The summed E-state index contributed by atoms with van der Waals surface area (Å²) in [6.45, 7) is -0.617. The van der Waals surface area contributed by atoms with Gasteiger partial charge in [-0.25, -0.2) is 4.98 Å². The molecule has 1 saturated heterocycles. The Morgan fingerprint density at radius 1 is 1.17 bits per heavy atom. The molecule has 0 unspecified atom stereocenters. The van der Waals surface area contributed by atoms with Gasteiger partial charge in [0.05, 0.1) is 12.9 Å². The summed E-state index contributed by atoms with van der Waals surface area (Å²) in [6, 6.07) is 0. The second-order valence-corrected chi connectivity index (χ2v) is 5.23. The van der Waals surface area contributed by atoms with Crippen molar-refractivity contribution in [2.45, 2.75) is 30.6 Å². The van der Waals surface area contributed by atoms with Gasteiger partial charge >= 0.3 is 0 Å². The molecule has 11 heteroatoms. The summed E-state index contributed by atoms with van der Waals surface area (Å²) in [7, 11) is 2.71. The Hall–Kier alpha value is -2.05. The minimum atomic E-state index is -1.62. The van der Waals surface area contributed by atoms with E-state index in [-0.39, 0.29) is 11.4 Å². The van der Waals surface area contributed by atoms with Crippen molar-refractivity contribution in [2.24, 2.45) is 0 Å². The minimum absolute atomic E-state index is 0.193. The lowest BCUT2D eigenvalue weighted by Crippen LogP contribution is -2.56. The molecule has 0 radical (unpaired) electrons. The first-order valence-electron chi connectivity index (χ1n) is 7.18. The van der Waals surface area contributed by atoms with Crippen LogP contribution in [0.2, 0.25) is 0 Å². The lowest BCUT2D eigenvalue weighted by molar-refractivity contribution is -0.251. The van der Waals surface area contributed by atoms with Crippen molar-refractivity contribution in [2.75, 3.05) is 20.7 Å². The number of hydrogen-bond donors (Lipinski definition) is 6. The fourth-order valence-electron chi connectivity index (χ4n) is 2.49.